The minimum absolute atomic E-state index is 0.869. The lowest BCUT2D eigenvalue weighted by Crippen LogP contribution is -1.98. The zero-order chi connectivity index (χ0) is 36.5. The Balaban J connectivity index is 0.986. The molecule has 0 bridgehead atoms. The van der Waals surface area contributed by atoms with Crippen LogP contribution in [0, 0.1) is 0 Å². The number of hydrogen-bond acceptors (Lipinski definition) is 2. The van der Waals surface area contributed by atoms with Crippen molar-refractivity contribution in [1.82, 2.24) is 9.13 Å². The van der Waals surface area contributed by atoms with Gasteiger partial charge < -0.3 is 18.3 Å². The molecule has 0 spiro atoms. The van der Waals surface area contributed by atoms with E-state index in [1.54, 1.807) is 0 Å². The van der Waals surface area contributed by atoms with Crippen molar-refractivity contribution in [3.63, 3.8) is 0 Å². The zero-order valence-electron chi connectivity index (χ0n) is 30.0. The van der Waals surface area contributed by atoms with Crippen molar-refractivity contribution >= 4 is 76.3 Å². The van der Waals surface area contributed by atoms with Gasteiger partial charge in [0.2, 0.25) is 0 Å². The fourth-order valence-corrected chi connectivity index (χ4v) is 9.40. The fraction of sp³-hybridized carbons (Fsp3) is 0. The van der Waals surface area contributed by atoms with E-state index in [2.05, 4.69) is 191 Å². The first-order valence-electron chi connectivity index (χ1n) is 19.1. The Morgan fingerprint density at radius 2 is 0.964 bits per heavy atom. The molecule has 260 valence electrons. The summed E-state index contributed by atoms with van der Waals surface area (Å²) in [6.07, 6.45) is 0. The van der Waals surface area contributed by atoms with Gasteiger partial charge in [0, 0.05) is 60.7 Å². The summed E-state index contributed by atoms with van der Waals surface area (Å²) >= 11 is 0. The molecule has 0 fully saturated rings. The molecule has 0 saturated carbocycles. The summed E-state index contributed by atoms with van der Waals surface area (Å²) < 4.78 is 17.9. The molecule has 12 aromatic rings. The van der Waals surface area contributed by atoms with Gasteiger partial charge in [-0.1, -0.05) is 97.1 Å². The number of hydrogen-bond donors (Lipinski definition) is 0. The summed E-state index contributed by atoms with van der Waals surface area (Å²) in [5.41, 5.74) is 13.3. The van der Waals surface area contributed by atoms with Crippen LogP contribution in [0.2, 0.25) is 0 Å². The lowest BCUT2D eigenvalue weighted by atomic mass is 9.93. The molecule has 0 atom stereocenters. The Morgan fingerprint density at radius 3 is 1.77 bits per heavy atom. The molecule has 0 saturated heterocycles. The number of ether oxygens (including phenoxy) is 1. The van der Waals surface area contributed by atoms with Gasteiger partial charge in [-0.2, -0.15) is 0 Å². The highest BCUT2D eigenvalue weighted by molar-refractivity contribution is 6.15. The van der Waals surface area contributed by atoms with Gasteiger partial charge in [0.1, 0.15) is 22.7 Å². The minimum Gasteiger partial charge on any atom is -0.456 e. The van der Waals surface area contributed by atoms with Gasteiger partial charge in [0.15, 0.2) is 0 Å². The van der Waals surface area contributed by atoms with E-state index in [0.29, 0.717) is 0 Å². The Morgan fingerprint density at radius 1 is 0.339 bits per heavy atom. The van der Waals surface area contributed by atoms with Gasteiger partial charge in [-0.15, -0.1) is 0 Å². The smallest absolute Gasteiger partial charge is 0.137 e. The molecule has 3 aromatic heterocycles. The number of fused-ring (bicyclic) bond motifs is 11. The number of aromatic nitrogens is 2. The van der Waals surface area contributed by atoms with E-state index >= 15 is 0 Å². The first kappa shape index (κ1) is 29.8. The number of nitrogens with zero attached hydrogens (tertiary/aromatic N) is 2. The van der Waals surface area contributed by atoms with Crippen LogP contribution in [0.15, 0.2) is 186 Å². The van der Waals surface area contributed by atoms with Crippen molar-refractivity contribution in [3.05, 3.63) is 182 Å². The standard InChI is InChI=1S/C52H30N2O2/c1-2-12-34(13-3-1)53-44-17-6-4-14-36(44)39-26-32(20-23-46(39)53)33-21-24-48-41(27-33)42-28-35(22-25-49(42)55-48)54-45-18-7-5-15-37(45)40-29-43-38-16-8-10-31-11-9-19-50(52(31)38)56-51(43)30-47(40)54/h1-30H. The van der Waals surface area contributed by atoms with E-state index in [1.165, 1.54) is 54.5 Å². The Kier molecular flexibility index (Phi) is 5.86. The molecule has 0 unspecified atom stereocenters. The molecule has 0 radical (unpaired) electrons. The molecule has 9 aromatic carbocycles. The van der Waals surface area contributed by atoms with E-state index in [9.17, 15) is 0 Å². The lowest BCUT2D eigenvalue weighted by molar-refractivity contribution is 0.487. The highest BCUT2D eigenvalue weighted by atomic mass is 16.5. The normalized spacial score (nSPS) is 12.4. The second-order valence-electron chi connectivity index (χ2n) is 14.9. The van der Waals surface area contributed by atoms with Crippen LogP contribution in [-0.2, 0) is 0 Å². The predicted octanol–water partition coefficient (Wildman–Crippen LogP) is 14.4. The van der Waals surface area contributed by atoms with Crippen LogP contribution < -0.4 is 4.74 Å². The van der Waals surface area contributed by atoms with Crippen molar-refractivity contribution in [3.8, 4) is 45.1 Å². The van der Waals surface area contributed by atoms with E-state index in [-0.39, 0.29) is 0 Å². The molecule has 0 N–H and O–H groups in total. The van der Waals surface area contributed by atoms with Crippen molar-refractivity contribution in [1.29, 1.82) is 0 Å². The van der Waals surface area contributed by atoms with Gasteiger partial charge in [0.25, 0.3) is 0 Å². The second-order valence-corrected chi connectivity index (χ2v) is 14.9. The largest absolute Gasteiger partial charge is 0.456 e. The summed E-state index contributed by atoms with van der Waals surface area (Å²) in [5.74, 6) is 1.77. The average Bonchev–Trinajstić information content (AvgIpc) is 3.90. The van der Waals surface area contributed by atoms with Crippen LogP contribution in [0.25, 0.3) is 110 Å². The topological polar surface area (TPSA) is 32.2 Å². The van der Waals surface area contributed by atoms with E-state index in [4.69, 9.17) is 9.15 Å². The molecule has 4 heteroatoms. The third kappa shape index (κ3) is 4.07. The monoisotopic (exact) mass is 714 g/mol. The summed E-state index contributed by atoms with van der Waals surface area (Å²) in [5, 5.41) is 9.42. The number of rotatable bonds is 3. The van der Waals surface area contributed by atoms with Crippen LogP contribution in [0.3, 0.4) is 0 Å². The number of benzene rings is 9. The van der Waals surface area contributed by atoms with Crippen molar-refractivity contribution in [2.75, 3.05) is 0 Å². The molecule has 0 aliphatic carbocycles. The van der Waals surface area contributed by atoms with Crippen LogP contribution in [0.4, 0.5) is 0 Å². The molecule has 4 nitrogen and oxygen atoms in total. The molecule has 1 aliphatic rings. The number of para-hydroxylation sites is 3. The van der Waals surface area contributed by atoms with Gasteiger partial charge in [-0.3, -0.25) is 0 Å². The number of furan rings is 1. The first-order chi connectivity index (χ1) is 27.7. The average molecular weight is 715 g/mol. The summed E-state index contributed by atoms with van der Waals surface area (Å²) in [6, 6.07) is 65.3. The molecular formula is C52H30N2O2. The maximum Gasteiger partial charge on any atom is 0.137 e. The summed E-state index contributed by atoms with van der Waals surface area (Å²) in [7, 11) is 0. The van der Waals surface area contributed by atoms with Crippen LogP contribution in [0.5, 0.6) is 11.5 Å². The molecule has 4 heterocycles. The lowest BCUT2D eigenvalue weighted by Gasteiger charge is -2.21. The quantitative estimate of drug-likeness (QED) is 0.182. The van der Waals surface area contributed by atoms with E-state index in [1.807, 2.05) is 0 Å². The molecule has 0 amide bonds. The fourth-order valence-electron chi connectivity index (χ4n) is 9.40. The minimum atomic E-state index is 0.869. The van der Waals surface area contributed by atoms with Gasteiger partial charge in [0.05, 0.1) is 22.1 Å². The van der Waals surface area contributed by atoms with Crippen LogP contribution in [0.1, 0.15) is 0 Å². The maximum absolute atomic E-state index is 6.66. The van der Waals surface area contributed by atoms with Gasteiger partial charge >= 0.3 is 0 Å². The molecule has 56 heavy (non-hydrogen) atoms. The Hall–Kier alpha value is -7.56. The molecule has 13 rings (SSSR count). The third-order valence-corrected chi connectivity index (χ3v) is 11.9. The van der Waals surface area contributed by atoms with Gasteiger partial charge in [-0.25, -0.2) is 0 Å². The first-order valence-corrected chi connectivity index (χ1v) is 19.1. The SMILES string of the molecule is c1ccc(-n2c3ccccc3c3cc(-c4ccc5oc6ccc(-n7c8ccccc8c8cc9c(cc87)Oc7cccc8cccc-9c78)cc6c5c4)ccc32)cc1. The third-order valence-electron chi connectivity index (χ3n) is 11.9. The molecule has 1 aliphatic heterocycles. The second kappa shape index (κ2) is 11.0. The highest BCUT2D eigenvalue weighted by Gasteiger charge is 2.24. The van der Waals surface area contributed by atoms with E-state index in [0.717, 1.165) is 67.0 Å². The highest BCUT2D eigenvalue weighted by Crippen LogP contribution is 2.49. The van der Waals surface area contributed by atoms with Gasteiger partial charge in [-0.05, 0) is 101 Å². The van der Waals surface area contributed by atoms with Crippen molar-refractivity contribution < 1.29 is 9.15 Å². The summed E-state index contributed by atoms with van der Waals surface area (Å²) in [4.78, 5) is 0. The van der Waals surface area contributed by atoms with Crippen molar-refractivity contribution in [2.45, 2.75) is 0 Å². The van der Waals surface area contributed by atoms with Crippen LogP contribution >= 0.6 is 0 Å². The van der Waals surface area contributed by atoms with E-state index < -0.39 is 0 Å². The van der Waals surface area contributed by atoms with Crippen LogP contribution in [-0.4, -0.2) is 9.13 Å². The Bertz CT molecular complexity index is 3620. The molecular weight excluding hydrogens is 685 g/mol. The predicted molar refractivity (Wildman–Crippen MR) is 231 cm³/mol. The van der Waals surface area contributed by atoms with Crippen molar-refractivity contribution in [2.24, 2.45) is 0 Å². The summed E-state index contributed by atoms with van der Waals surface area (Å²) in [6.45, 7) is 0. The zero-order valence-corrected chi connectivity index (χ0v) is 30.0. The Labute approximate surface area is 320 Å². The maximum atomic E-state index is 6.66.